The van der Waals surface area contributed by atoms with Crippen molar-refractivity contribution in [3.05, 3.63) is 98.6 Å². The standard InChI is InChI=1S/C20H20FN3O4S/c1-22-13-17(19(25)23(2)20(22)26)29(27,28)24(3)18(14-7-5-4-6-8-14)15-9-11-16(21)12-10-15/h4-13,18H,1-3H3/t18-/m1/s1. The van der Waals surface area contributed by atoms with Gasteiger partial charge >= 0.3 is 5.69 Å². The number of hydrogen-bond donors (Lipinski definition) is 0. The third kappa shape index (κ3) is 3.79. The van der Waals surface area contributed by atoms with E-state index < -0.39 is 38.0 Å². The summed E-state index contributed by atoms with van der Waals surface area (Å²) in [6.07, 6.45) is 1.02. The van der Waals surface area contributed by atoms with Gasteiger partial charge in [-0.15, -0.1) is 0 Å². The molecule has 0 aliphatic carbocycles. The predicted octanol–water partition coefficient (Wildman–Crippen LogP) is 1.63. The average Bonchev–Trinajstić information content (AvgIpc) is 2.71. The van der Waals surface area contributed by atoms with E-state index in [0.29, 0.717) is 11.1 Å². The first-order chi connectivity index (χ1) is 13.6. The molecule has 1 heterocycles. The molecule has 0 fully saturated rings. The molecule has 2 aromatic carbocycles. The summed E-state index contributed by atoms with van der Waals surface area (Å²) < 4.78 is 43.0. The van der Waals surface area contributed by atoms with E-state index in [2.05, 4.69) is 0 Å². The molecule has 1 aromatic heterocycles. The van der Waals surface area contributed by atoms with Crippen LogP contribution in [0.1, 0.15) is 17.2 Å². The SMILES string of the molecule is CN([C@H](c1ccccc1)c1ccc(F)cc1)S(=O)(=O)c1cn(C)c(=O)n(C)c1=O. The number of aromatic nitrogens is 2. The van der Waals surface area contributed by atoms with Crippen molar-refractivity contribution in [1.29, 1.82) is 0 Å². The summed E-state index contributed by atoms with van der Waals surface area (Å²) in [5.41, 5.74) is -0.363. The molecule has 7 nitrogen and oxygen atoms in total. The third-order valence-corrected chi connectivity index (χ3v) is 6.54. The van der Waals surface area contributed by atoms with Gasteiger partial charge in [-0.3, -0.25) is 9.36 Å². The van der Waals surface area contributed by atoms with E-state index >= 15 is 0 Å². The number of sulfonamides is 1. The van der Waals surface area contributed by atoms with Crippen molar-refractivity contribution in [2.45, 2.75) is 10.9 Å². The van der Waals surface area contributed by atoms with Crippen molar-refractivity contribution in [3.63, 3.8) is 0 Å². The number of aryl methyl sites for hydroxylation is 1. The van der Waals surface area contributed by atoms with Gasteiger partial charge in [0.1, 0.15) is 5.82 Å². The van der Waals surface area contributed by atoms with Gasteiger partial charge in [-0.05, 0) is 23.3 Å². The molecule has 0 unspecified atom stereocenters. The first kappa shape index (κ1) is 20.7. The molecule has 3 rings (SSSR count). The lowest BCUT2D eigenvalue weighted by Gasteiger charge is -2.28. The van der Waals surface area contributed by atoms with Gasteiger partial charge in [-0.2, -0.15) is 4.31 Å². The van der Waals surface area contributed by atoms with Crippen LogP contribution >= 0.6 is 0 Å². The summed E-state index contributed by atoms with van der Waals surface area (Å²) in [6, 6.07) is 13.5. The maximum absolute atomic E-state index is 13.4. The van der Waals surface area contributed by atoms with Gasteiger partial charge in [0.05, 0.1) is 6.04 Å². The summed E-state index contributed by atoms with van der Waals surface area (Å²) in [5, 5.41) is 0. The largest absolute Gasteiger partial charge is 0.330 e. The van der Waals surface area contributed by atoms with Crippen LogP contribution in [-0.2, 0) is 24.1 Å². The minimum atomic E-state index is -4.29. The quantitative estimate of drug-likeness (QED) is 0.632. The van der Waals surface area contributed by atoms with E-state index in [-0.39, 0.29) is 0 Å². The Kier molecular flexibility index (Phi) is 5.54. The average molecular weight is 417 g/mol. The molecule has 0 bridgehead atoms. The van der Waals surface area contributed by atoms with Crippen LogP contribution in [0.5, 0.6) is 0 Å². The molecule has 0 saturated heterocycles. The van der Waals surface area contributed by atoms with Gasteiger partial charge < -0.3 is 4.57 Å². The lowest BCUT2D eigenvalue weighted by atomic mass is 9.99. The Morgan fingerprint density at radius 3 is 2.07 bits per heavy atom. The van der Waals surface area contributed by atoms with Crippen LogP contribution in [0.2, 0.25) is 0 Å². The van der Waals surface area contributed by atoms with E-state index in [1.54, 1.807) is 30.3 Å². The highest BCUT2D eigenvalue weighted by Gasteiger charge is 2.33. The number of benzene rings is 2. The number of nitrogens with zero attached hydrogens (tertiary/aromatic N) is 3. The first-order valence-electron chi connectivity index (χ1n) is 8.69. The zero-order valence-electron chi connectivity index (χ0n) is 16.1. The number of rotatable bonds is 5. The monoisotopic (exact) mass is 417 g/mol. The van der Waals surface area contributed by atoms with E-state index in [9.17, 15) is 22.4 Å². The fourth-order valence-corrected chi connectivity index (χ4v) is 4.62. The van der Waals surface area contributed by atoms with Crippen LogP contribution in [0.4, 0.5) is 4.39 Å². The van der Waals surface area contributed by atoms with E-state index in [1.807, 2.05) is 0 Å². The molecule has 3 aromatic rings. The fraction of sp³-hybridized carbons (Fsp3) is 0.200. The minimum absolute atomic E-state index is 0.446. The summed E-state index contributed by atoms with van der Waals surface area (Å²) >= 11 is 0. The molecule has 0 aliphatic heterocycles. The molecular weight excluding hydrogens is 397 g/mol. The lowest BCUT2D eigenvalue weighted by Crippen LogP contribution is -2.42. The zero-order valence-corrected chi connectivity index (χ0v) is 16.9. The Labute approximate surface area is 167 Å². The molecule has 0 amide bonds. The van der Waals surface area contributed by atoms with Gasteiger partial charge in [-0.1, -0.05) is 42.5 Å². The first-order valence-corrected chi connectivity index (χ1v) is 10.1. The summed E-state index contributed by atoms with van der Waals surface area (Å²) in [7, 11) is -0.351. The Hall–Kier alpha value is -3.04. The van der Waals surface area contributed by atoms with Crippen molar-refractivity contribution in [2.24, 2.45) is 14.1 Å². The molecular formula is C20H20FN3O4S. The van der Waals surface area contributed by atoms with E-state index in [0.717, 1.165) is 19.6 Å². The Bertz CT molecular complexity index is 1250. The van der Waals surface area contributed by atoms with Crippen LogP contribution in [0.15, 0.2) is 75.3 Å². The van der Waals surface area contributed by atoms with Crippen LogP contribution in [-0.4, -0.2) is 28.9 Å². The highest BCUT2D eigenvalue weighted by molar-refractivity contribution is 7.89. The highest BCUT2D eigenvalue weighted by atomic mass is 32.2. The molecule has 0 spiro atoms. The fourth-order valence-electron chi connectivity index (χ4n) is 3.14. The molecule has 0 radical (unpaired) electrons. The van der Waals surface area contributed by atoms with Crippen molar-refractivity contribution >= 4 is 10.0 Å². The maximum atomic E-state index is 13.4. The molecule has 152 valence electrons. The van der Waals surface area contributed by atoms with Gasteiger partial charge in [0.2, 0.25) is 0 Å². The van der Waals surface area contributed by atoms with Crippen molar-refractivity contribution < 1.29 is 12.8 Å². The van der Waals surface area contributed by atoms with Crippen molar-refractivity contribution in [3.8, 4) is 0 Å². The Balaban J connectivity index is 2.20. The van der Waals surface area contributed by atoms with Gasteiger partial charge in [0.25, 0.3) is 15.6 Å². The van der Waals surface area contributed by atoms with Crippen LogP contribution in [0, 0.1) is 5.82 Å². The van der Waals surface area contributed by atoms with E-state index in [1.165, 1.54) is 45.4 Å². The molecule has 0 saturated carbocycles. The van der Waals surface area contributed by atoms with Crippen LogP contribution < -0.4 is 11.2 Å². The van der Waals surface area contributed by atoms with E-state index in [4.69, 9.17) is 0 Å². The van der Waals surface area contributed by atoms with Gasteiger partial charge in [0, 0.05) is 27.3 Å². The van der Waals surface area contributed by atoms with Crippen LogP contribution in [0.25, 0.3) is 0 Å². The van der Waals surface area contributed by atoms with Crippen molar-refractivity contribution in [2.75, 3.05) is 7.05 Å². The molecule has 0 N–H and O–H groups in total. The topological polar surface area (TPSA) is 81.4 Å². The zero-order chi connectivity index (χ0) is 21.3. The third-order valence-electron chi connectivity index (χ3n) is 4.74. The summed E-state index contributed by atoms with van der Waals surface area (Å²) in [5.74, 6) is -0.446. The molecule has 9 heteroatoms. The second-order valence-electron chi connectivity index (χ2n) is 6.64. The highest BCUT2D eigenvalue weighted by Crippen LogP contribution is 2.31. The smallest absolute Gasteiger partial charge is 0.302 e. The van der Waals surface area contributed by atoms with Gasteiger partial charge in [-0.25, -0.2) is 17.6 Å². The summed E-state index contributed by atoms with van der Waals surface area (Å²) in [6.45, 7) is 0. The minimum Gasteiger partial charge on any atom is -0.302 e. The Morgan fingerprint density at radius 1 is 0.931 bits per heavy atom. The second kappa shape index (κ2) is 7.76. The predicted molar refractivity (Wildman–Crippen MR) is 107 cm³/mol. The normalized spacial score (nSPS) is 12.9. The summed E-state index contributed by atoms with van der Waals surface area (Å²) in [4.78, 5) is 23.9. The Morgan fingerprint density at radius 2 is 1.48 bits per heavy atom. The molecule has 1 atom stereocenters. The molecule has 0 aliphatic rings. The second-order valence-corrected chi connectivity index (χ2v) is 8.60. The van der Waals surface area contributed by atoms with Gasteiger partial charge in [0.15, 0.2) is 4.90 Å². The number of halogens is 1. The lowest BCUT2D eigenvalue weighted by molar-refractivity contribution is 0.415. The van der Waals surface area contributed by atoms with Crippen molar-refractivity contribution in [1.82, 2.24) is 13.4 Å². The number of hydrogen-bond acceptors (Lipinski definition) is 4. The molecule has 29 heavy (non-hydrogen) atoms. The maximum Gasteiger partial charge on any atom is 0.330 e. The van der Waals surface area contributed by atoms with Crippen LogP contribution in [0.3, 0.4) is 0 Å².